The highest BCUT2D eigenvalue weighted by atomic mass is 16.5. The monoisotopic (exact) mass is 425 g/mol. The molecule has 2 rings (SSSR count). The van der Waals surface area contributed by atoms with E-state index in [1.165, 1.54) is 12.5 Å². The van der Waals surface area contributed by atoms with E-state index in [2.05, 4.69) is 12.1 Å². The molecule has 0 fully saturated rings. The number of amides is 1. The van der Waals surface area contributed by atoms with Crippen molar-refractivity contribution in [2.45, 2.75) is 59.3 Å². The number of unbranched alkanes of at least 4 members (excludes halogenated alkanes) is 1. The van der Waals surface area contributed by atoms with Gasteiger partial charge in [-0.05, 0) is 69.2 Å². The van der Waals surface area contributed by atoms with Crippen LogP contribution in [0.3, 0.4) is 0 Å². The highest BCUT2D eigenvalue weighted by molar-refractivity contribution is 5.99. The van der Waals surface area contributed by atoms with Crippen LogP contribution in [0.25, 0.3) is 0 Å². The summed E-state index contributed by atoms with van der Waals surface area (Å²) in [4.78, 5) is 24.5. The van der Waals surface area contributed by atoms with Gasteiger partial charge in [0.1, 0.15) is 17.1 Å². The van der Waals surface area contributed by atoms with Gasteiger partial charge < -0.3 is 15.2 Å². The number of aryl methyl sites for hydroxylation is 1. The number of rotatable bonds is 13. The Bertz CT molecular complexity index is 836. The summed E-state index contributed by atoms with van der Waals surface area (Å²) >= 11 is 0. The summed E-state index contributed by atoms with van der Waals surface area (Å²) in [5.41, 5.74) is 8.42. The number of Topliss-reactive ketones (excluding diaryl/α,β-unsaturated/α-hetero) is 1. The molecule has 0 spiro atoms. The summed E-state index contributed by atoms with van der Waals surface area (Å²) in [6, 6.07) is 14.0. The van der Waals surface area contributed by atoms with Crippen molar-refractivity contribution in [1.82, 2.24) is 0 Å². The summed E-state index contributed by atoms with van der Waals surface area (Å²) in [5, 5.41) is 0. The Balaban J connectivity index is 2.20. The average Bonchev–Trinajstić information content (AvgIpc) is 2.73. The molecule has 1 amide bonds. The number of hydrogen-bond donors (Lipinski definition) is 1. The Labute approximate surface area is 185 Å². The maximum Gasteiger partial charge on any atom is 0.221 e. The number of ether oxygens (including phenoxy) is 2. The molecule has 168 valence electrons. The van der Waals surface area contributed by atoms with Crippen molar-refractivity contribution in [2.75, 3.05) is 13.2 Å². The molecule has 0 aliphatic rings. The van der Waals surface area contributed by atoms with Gasteiger partial charge in [0.25, 0.3) is 0 Å². The first-order valence-corrected chi connectivity index (χ1v) is 11.2. The molecule has 2 atom stereocenters. The number of carbonyl (C=O) groups excluding carboxylic acids is 2. The molecule has 5 nitrogen and oxygen atoms in total. The number of hydrogen-bond acceptors (Lipinski definition) is 4. The average molecular weight is 426 g/mol. The van der Waals surface area contributed by atoms with Crippen LogP contribution in [-0.2, 0) is 11.2 Å². The van der Waals surface area contributed by atoms with E-state index in [4.69, 9.17) is 15.2 Å². The van der Waals surface area contributed by atoms with Crippen LogP contribution >= 0.6 is 0 Å². The van der Waals surface area contributed by atoms with Gasteiger partial charge in [0, 0.05) is 5.92 Å². The van der Waals surface area contributed by atoms with Gasteiger partial charge in [-0.3, -0.25) is 9.59 Å². The molecule has 0 saturated heterocycles. The van der Waals surface area contributed by atoms with Crippen LogP contribution in [0.15, 0.2) is 42.5 Å². The van der Waals surface area contributed by atoms with Gasteiger partial charge in [0.05, 0.1) is 13.2 Å². The highest BCUT2D eigenvalue weighted by Gasteiger charge is 2.27. The largest absolute Gasteiger partial charge is 0.493 e. The van der Waals surface area contributed by atoms with Gasteiger partial charge in [-0.2, -0.15) is 0 Å². The van der Waals surface area contributed by atoms with Gasteiger partial charge in [0.15, 0.2) is 5.78 Å². The first-order chi connectivity index (χ1) is 14.9. The number of carbonyl (C=O) groups is 2. The summed E-state index contributed by atoms with van der Waals surface area (Å²) in [5.74, 6) is 0.152. The summed E-state index contributed by atoms with van der Waals surface area (Å²) in [6.45, 7) is 8.12. The fourth-order valence-corrected chi connectivity index (χ4v) is 3.97. The summed E-state index contributed by atoms with van der Waals surface area (Å²) in [6.07, 6.45) is 3.61. The molecule has 2 unspecified atom stereocenters. The molecule has 5 heteroatoms. The lowest BCUT2D eigenvalue weighted by molar-refractivity contribution is -0.122. The van der Waals surface area contributed by atoms with Crippen LogP contribution < -0.4 is 15.2 Å². The van der Waals surface area contributed by atoms with Crippen LogP contribution in [0.5, 0.6) is 11.5 Å². The zero-order valence-electron chi connectivity index (χ0n) is 19.1. The van der Waals surface area contributed by atoms with Crippen molar-refractivity contribution in [3.63, 3.8) is 0 Å². The molecule has 0 aromatic heterocycles. The second kappa shape index (κ2) is 12.1. The predicted molar refractivity (Wildman–Crippen MR) is 124 cm³/mol. The van der Waals surface area contributed by atoms with Gasteiger partial charge in [0.2, 0.25) is 5.91 Å². The predicted octanol–water partition coefficient (Wildman–Crippen LogP) is 5.30. The third kappa shape index (κ3) is 6.84. The quantitative estimate of drug-likeness (QED) is 0.349. The number of primary amides is 1. The topological polar surface area (TPSA) is 78.6 Å². The molecular weight excluding hydrogens is 390 g/mol. The minimum Gasteiger partial charge on any atom is -0.493 e. The number of nitrogens with two attached hydrogens (primary N) is 1. The van der Waals surface area contributed by atoms with Gasteiger partial charge in [-0.1, -0.05) is 43.7 Å². The third-order valence-electron chi connectivity index (χ3n) is 5.61. The maximum absolute atomic E-state index is 12.3. The van der Waals surface area contributed by atoms with E-state index in [-0.39, 0.29) is 23.5 Å². The van der Waals surface area contributed by atoms with E-state index >= 15 is 0 Å². The van der Waals surface area contributed by atoms with Crippen molar-refractivity contribution < 1.29 is 19.1 Å². The van der Waals surface area contributed by atoms with E-state index in [0.29, 0.717) is 36.7 Å². The lowest BCUT2D eigenvalue weighted by atomic mass is 9.82. The highest BCUT2D eigenvalue weighted by Crippen LogP contribution is 2.37. The van der Waals surface area contributed by atoms with Gasteiger partial charge >= 0.3 is 0 Å². The lowest BCUT2D eigenvalue weighted by Crippen LogP contribution is -2.28. The standard InChI is InChI=1S/C26H35NO4/c1-5-30-23-16-21(17-24(31-6-2)25(23)19(4)28)18(3)22(26(27)29)15-11-10-14-20-12-8-7-9-13-20/h7-9,12-13,16-18,22H,5-6,10-11,14-15H2,1-4H3,(H2,27,29). The van der Waals surface area contributed by atoms with E-state index in [9.17, 15) is 9.59 Å². The van der Waals surface area contributed by atoms with Crippen LogP contribution in [0.1, 0.15) is 74.4 Å². The Morgan fingerprint density at radius 2 is 1.55 bits per heavy atom. The molecule has 2 N–H and O–H groups in total. The fourth-order valence-electron chi connectivity index (χ4n) is 3.97. The Morgan fingerprint density at radius 3 is 2.03 bits per heavy atom. The van der Waals surface area contributed by atoms with E-state index < -0.39 is 0 Å². The van der Waals surface area contributed by atoms with Crippen molar-refractivity contribution in [3.8, 4) is 11.5 Å². The molecule has 0 heterocycles. The molecule has 0 aliphatic carbocycles. The first-order valence-electron chi connectivity index (χ1n) is 11.2. The summed E-state index contributed by atoms with van der Waals surface area (Å²) in [7, 11) is 0. The molecule has 0 saturated carbocycles. The maximum atomic E-state index is 12.3. The second-order valence-corrected chi connectivity index (χ2v) is 7.84. The summed E-state index contributed by atoms with van der Waals surface area (Å²) < 4.78 is 11.5. The minimum atomic E-state index is -0.307. The SMILES string of the molecule is CCOc1cc(C(C)C(CCCCc2ccccc2)C(N)=O)cc(OCC)c1C(C)=O. The van der Waals surface area contributed by atoms with E-state index in [0.717, 1.165) is 24.8 Å². The third-order valence-corrected chi connectivity index (χ3v) is 5.61. The minimum absolute atomic E-state index is 0.113. The van der Waals surface area contributed by atoms with Crippen LogP contribution in [0, 0.1) is 5.92 Å². The first kappa shape index (κ1) is 24.4. The molecule has 0 bridgehead atoms. The fraction of sp³-hybridized carbons (Fsp3) is 0.462. The van der Waals surface area contributed by atoms with Crippen molar-refractivity contribution in [1.29, 1.82) is 0 Å². The van der Waals surface area contributed by atoms with Crippen molar-refractivity contribution in [3.05, 3.63) is 59.2 Å². The normalized spacial score (nSPS) is 12.8. The molecule has 2 aromatic rings. The molecule has 0 aliphatic heterocycles. The van der Waals surface area contributed by atoms with Gasteiger partial charge in [-0.25, -0.2) is 0 Å². The van der Waals surface area contributed by atoms with Crippen molar-refractivity contribution >= 4 is 11.7 Å². The van der Waals surface area contributed by atoms with Crippen LogP contribution in [0.4, 0.5) is 0 Å². The zero-order valence-corrected chi connectivity index (χ0v) is 19.1. The molecule has 31 heavy (non-hydrogen) atoms. The van der Waals surface area contributed by atoms with E-state index in [1.54, 1.807) is 0 Å². The van der Waals surface area contributed by atoms with Crippen LogP contribution in [0.2, 0.25) is 0 Å². The number of benzene rings is 2. The molecular formula is C26H35NO4. The van der Waals surface area contributed by atoms with Gasteiger partial charge in [-0.15, -0.1) is 0 Å². The molecule has 0 radical (unpaired) electrons. The zero-order chi connectivity index (χ0) is 22.8. The Hall–Kier alpha value is -2.82. The smallest absolute Gasteiger partial charge is 0.221 e. The Kier molecular flexibility index (Phi) is 9.57. The van der Waals surface area contributed by atoms with Crippen LogP contribution in [-0.4, -0.2) is 24.9 Å². The van der Waals surface area contributed by atoms with Crippen molar-refractivity contribution in [2.24, 2.45) is 11.7 Å². The lowest BCUT2D eigenvalue weighted by Gasteiger charge is -2.24. The Morgan fingerprint density at radius 1 is 0.968 bits per heavy atom. The molecule has 2 aromatic carbocycles. The van der Waals surface area contributed by atoms with E-state index in [1.807, 2.05) is 51.1 Å². The number of ketones is 1. The second-order valence-electron chi connectivity index (χ2n) is 7.84.